The largest absolute Gasteiger partial charge is 0.508 e. The molecule has 100 valence electrons. The van der Waals surface area contributed by atoms with Crippen LogP contribution in [-0.2, 0) is 11.2 Å². The van der Waals surface area contributed by atoms with Crippen molar-refractivity contribution in [1.82, 2.24) is 0 Å². The van der Waals surface area contributed by atoms with E-state index in [-0.39, 0.29) is 17.6 Å². The van der Waals surface area contributed by atoms with E-state index in [1.807, 2.05) is 18.2 Å². The van der Waals surface area contributed by atoms with E-state index in [1.54, 1.807) is 13.2 Å². The van der Waals surface area contributed by atoms with Crippen LogP contribution in [0.1, 0.15) is 23.7 Å². The van der Waals surface area contributed by atoms with Crippen LogP contribution in [0.4, 0.5) is 0 Å². The summed E-state index contributed by atoms with van der Waals surface area (Å²) in [6.07, 6.45) is 1.37. The van der Waals surface area contributed by atoms with Gasteiger partial charge in [-0.2, -0.15) is 0 Å². The molecule has 0 unspecified atom stereocenters. The van der Waals surface area contributed by atoms with Crippen molar-refractivity contribution in [3.63, 3.8) is 0 Å². The number of methoxy groups -OCH3 is 1. The second-order valence-electron chi connectivity index (χ2n) is 4.49. The van der Waals surface area contributed by atoms with E-state index in [9.17, 15) is 10.2 Å². The van der Waals surface area contributed by atoms with E-state index in [0.29, 0.717) is 5.56 Å². The third kappa shape index (κ3) is 3.48. The monoisotopic (exact) mass is 258 g/mol. The van der Waals surface area contributed by atoms with Crippen molar-refractivity contribution in [3.05, 3.63) is 59.7 Å². The molecular formula is C16H18O3. The normalized spacial score (nSPS) is 12.3. The van der Waals surface area contributed by atoms with E-state index >= 15 is 0 Å². The lowest BCUT2D eigenvalue weighted by molar-refractivity contribution is 0.0935. The van der Waals surface area contributed by atoms with Gasteiger partial charge in [0.15, 0.2) is 0 Å². The Bertz CT molecular complexity index is 523. The molecule has 0 heterocycles. The molecule has 2 aromatic rings. The average molecular weight is 258 g/mol. The fourth-order valence-corrected chi connectivity index (χ4v) is 2.14. The van der Waals surface area contributed by atoms with Crippen LogP contribution in [0.5, 0.6) is 11.5 Å². The van der Waals surface area contributed by atoms with Crippen LogP contribution in [0.3, 0.4) is 0 Å². The smallest absolute Gasteiger partial charge is 0.121 e. The summed E-state index contributed by atoms with van der Waals surface area (Å²) >= 11 is 0. The molecule has 0 radical (unpaired) electrons. The van der Waals surface area contributed by atoms with Crippen molar-refractivity contribution >= 4 is 0 Å². The van der Waals surface area contributed by atoms with Crippen LogP contribution in [0.25, 0.3) is 0 Å². The summed E-state index contributed by atoms with van der Waals surface area (Å²) in [5, 5.41) is 19.3. The van der Waals surface area contributed by atoms with Crippen LogP contribution < -0.4 is 0 Å². The predicted molar refractivity (Wildman–Crippen MR) is 74.3 cm³/mol. The molecule has 0 fully saturated rings. The lowest BCUT2D eigenvalue weighted by atomic mass is 10.00. The van der Waals surface area contributed by atoms with Crippen molar-refractivity contribution in [2.75, 3.05) is 7.11 Å². The van der Waals surface area contributed by atoms with Crippen LogP contribution in [0.15, 0.2) is 48.5 Å². The SMILES string of the molecule is CO[C@H](CCc1ccccc1)c1cc(O)ccc1O. The summed E-state index contributed by atoms with van der Waals surface area (Å²) in [6, 6.07) is 14.6. The molecule has 2 aromatic carbocycles. The summed E-state index contributed by atoms with van der Waals surface area (Å²) in [7, 11) is 1.61. The lowest BCUT2D eigenvalue weighted by Gasteiger charge is -2.17. The predicted octanol–water partition coefficient (Wildman–Crippen LogP) is 3.42. The molecule has 0 saturated heterocycles. The van der Waals surface area contributed by atoms with Crippen molar-refractivity contribution in [2.45, 2.75) is 18.9 Å². The highest BCUT2D eigenvalue weighted by Gasteiger charge is 2.15. The second-order valence-corrected chi connectivity index (χ2v) is 4.49. The zero-order valence-electron chi connectivity index (χ0n) is 10.9. The minimum atomic E-state index is -0.229. The molecule has 0 spiro atoms. The summed E-state index contributed by atoms with van der Waals surface area (Å²) < 4.78 is 5.42. The highest BCUT2D eigenvalue weighted by Crippen LogP contribution is 2.32. The first-order chi connectivity index (χ1) is 9.20. The molecular weight excluding hydrogens is 240 g/mol. The Morgan fingerprint density at radius 3 is 2.47 bits per heavy atom. The molecule has 3 heteroatoms. The number of hydrogen-bond acceptors (Lipinski definition) is 3. The highest BCUT2D eigenvalue weighted by atomic mass is 16.5. The van der Waals surface area contributed by atoms with E-state index in [4.69, 9.17) is 4.74 Å². The first-order valence-corrected chi connectivity index (χ1v) is 6.29. The van der Waals surface area contributed by atoms with Crippen molar-refractivity contribution in [2.24, 2.45) is 0 Å². The van der Waals surface area contributed by atoms with Crippen LogP contribution in [0, 0.1) is 0 Å². The van der Waals surface area contributed by atoms with Gasteiger partial charge in [0.2, 0.25) is 0 Å². The Hall–Kier alpha value is -2.00. The number of phenolic OH excluding ortho intramolecular Hbond substituents is 2. The first-order valence-electron chi connectivity index (χ1n) is 6.29. The van der Waals surface area contributed by atoms with Crippen molar-refractivity contribution in [3.8, 4) is 11.5 Å². The topological polar surface area (TPSA) is 49.7 Å². The Balaban J connectivity index is 2.10. The van der Waals surface area contributed by atoms with Gasteiger partial charge in [-0.1, -0.05) is 30.3 Å². The summed E-state index contributed by atoms with van der Waals surface area (Å²) in [4.78, 5) is 0. The van der Waals surface area contributed by atoms with Gasteiger partial charge in [-0.05, 0) is 36.6 Å². The second kappa shape index (κ2) is 6.25. The Morgan fingerprint density at radius 1 is 1.05 bits per heavy atom. The third-order valence-electron chi connectivity index (χ3n) is 3.18. The lowest BCUT2D eigenvalue weighted by Crippen LogP contribution is -2.03. The van der Waals surface area contributed by atoms with Crippen LogP contribution >= 0.6 is 0 Å². The van der Waals surface area contributed by atoms with E-state index in [2.05, 4.69) is 12.1 Å². The summed E-state index contributed by atoms with van der Waals surface area (Å²) in [6.45, 7) is 0. The van der Waals surface area contributed by atoms with Crippen LogP contribution in [0.2, 0.25) is 0 Å². The number of aromatic hydroxyl groups is 2. The Morgan fingerprint density at radius 2 is 1.79 bits per heavy atom. The highest BCUT2D eigenvalue weighted by molar-refractivity contribution is 5.40. The van der Waals surface area contributed by atoms with Crippen LogP contribution in [-0.4, -0.2) is 17.3 Å². The minimum Gasteiger partial charge on any atom is -0.508 e. The van der Waals surface area contributed by atoms with E-state index < -0.39 is 0 Å². The molecule has 19 heavy (non-hydrogen) atoms. The zero-order valence-corrected chi connectivity index (χ0v) is 10.9. The quantitative estimate of drug-likeness (QED) is 0.808. The standard InChI is InChI=1S/C16H18O3/c1-19-16(10-7-12-5-3-2-4-6-12)14-11-13(17)8-9-15(14)18/h2-6,8-9,11,16-18H,7,10H2,1H3/t16-/m1/s1. The summed E-state index contributed by atoms with van der Waals surface area (Å²) in [5.41, 5.74) is 1.85. The molecule has 1 atom stereocenters. The van der Waals surface area contributed by atoms with Gasteiger partial charge in [0.05, 0.1) is 6.10 Å². The molecule has 0 aliphatic rings. The molecule has 0 amide bonds. The number of hydrogen-bond donors (Lipinski definition) is 2. The Kier molecular flexibility index (Phi) is 4.42. The van der Waals surface area contributed by atoms with Gasteiger partial charge in [-0.15, -0.1) is 0 Å². The third-order valence-corrected chi connectivity index (χ3v) is 3.18. The van der Waals surface area contributed by atoms with Gasteiger partial charge >= 0.3 is 0 Å². The Labute approximate surface area is 113 Å². The summed E-state index contributed by atoms with van der Waals surface area (Å²) in [5.74, 6) is 0.285. The van der Waals surface area contributed by atoms with Crippen molar-refractivity contribution < 1.29 is 14.9 Å². The fraction of sp³-hybridized carbons (Fsp3) is 0.250. The molecule has 0 bridgehead atoms. The zero-order chi connectivity index (χ0) is 13.7. The number of benzene rings is 2. The maximum absolute atomic E-state index is 9.84. The molecule has 0 saturated carbocycles. The average Bonchev–Trinajstić information content (AvgIpc) is 2.44. The maximum atomic E-state index is 9.84. The maximum Gasteiger partial charge on any atom is 0.121 e. The van der Waals surface area contributed by atoms with E-state index in [1.165, 1.54) is 17.7 Å². The molecule has 0 aliphatic carbocycles. The van der Waals surface area contributed by atoms with Crippen molar-refractivity contribution in [1.29, 1.82) is 0 Å². The molecule has 2 N–H and O–H groups in total. The molecule has 0 aliphatic heterocycles. The number of aryl methyl sites for hydroxylation is 1. The van der Waals surface area contributed by atoms with Gasteiger partial charge in [0.1, 0.15) is 11.5 Å². The number of ether oxygens (including phenoxy) is 1. The van der Waals surface area contributed by atoms with Gasteiger partial charge < -0.3 is 14.9 Å². The number of rotatable bonds is 5. The first kappa shape index (κ1) is 13.4. The van der Waals surface area contributed by atoms with Gasteiger partial charge in [0, 0.05) is 12.7 Å². The fourth-order valence-electron chi connectivity index (χ4n) is 2.14. The van der Waals surface area contributed by atoms with E-state index in [0.717, 1.165) is 12.8 Å². The molecule has 0 aromatic heterocycles. The molecule has 3 nitrogen and oxygen atoms in total. The molecule has 2 rings (SSSR count). The van der Waals surface area contributed by atoms with Gasteiger partial charge in [-0.25, -0.2) is 0 Å². The van der Waals surface area contributed by atoms with Gasteiger partial charge in [0.25, 0.3) is 0 Å². The number of phenols is 2. The van der Waals surface area contributed by atoms with Gasteiger partial charge in [-0.3, -0.25) is 0 Å². The minimum absolute atomic E-state index is 0.134.